The fourth-order valence-electron chi connectivity index (χ4n) is 3.16. The van der Waals surface area contributed by atoms with Crippen LogP contribution in [0.3, 0.4) is 0 Å². The average Bonchev–Trinajstić information content (AvgIpc) is 2.75. The normalized spacial score (nSPS) is 14.3. The number of rotatable bonds is 8. The molecule has 0 fully saturated rings. The number of hydrogen-bond donors (Lipinski definition) is 2. The summed E-state index contributed by atoms with van der Waals surface area (Å²) in [5.41, 5.74) is 1.75. The number of hydrogen-bond acceptors (Lipinski definition) is 4. The SMILES string of the molecule is CCN(CC)CCCNC(=O)c1ccc2c(c1)NC(=O)/C(=C/c1ccc(Cl)cc1)O2. The van der Waals surface area contributed by atoms with Crippen LogP contribution >= 0.6 is 11.6 Å². The molecule has 0 spiro atoms. The number of fused-ring (bicyclic) bond motifs is 1. The van der Waals surface area contributed by atoms with Crippen LogP contribution in [0.1, 0.15) is 36.2 Å². The molecule has 0 radical (unpaired) electrons. The molecule has 2 aromatic carbocycles. The van der Waals surface area contributed by atoms with E-state index in [2.05, 4.69) is 29.4 Å². The van der Waals surface area contributed by atoms with Crippen molar-refractivity contribution in [1.29, 1.82) is 0 Å². The highest BCUT2D eigenvalue weighted by molar-refractivity contribution is 6.30. The lowest BCUT2D eigenvalue weighted by Crippen LogP contribution is -2.30. The first kappa shape index (κ1) is 21.9. The van der Waals surface area contributed by atoms with Gasteiger partial charge in [-0.15, -0.1) is 0 Å². The number of benzene rings is 2. The zero-order chi connectivity index (χ0) is 21.5. The van der Waals surface area contributed by atoms with Crippen molar-refractivity contribution in [3.63, 3.8) is 0 Å². The molecule has 0 atom stereocenters. The fraction of sp³-hybridized carbons (Fsp3) is 0.304. The molecule has 0 aromatic heterocycles. The van der Waals surface area contributed by atoms with Crippen LogP contribution in [0.2, 0.25) is 5.02 Å². The van der Waals surface area contributed by atoms with Gasteiger partial charge in [0.15, 0.2) is 11.5 Å². The lowest BCUT2D eigenvalue weighted by molar-refractivity contribution is -0.115. The summed E-state index contributed by atoms with van der Waals surface area (Å²) in [6, 6.07) is 12.1. The molecule has 0 unspecified atom stereocenters. The third kappa shape index (κ3) is 5.62. The number of amides is 2. The van der Waals surface area contributed by atoms with Gasteiger partial charge in [-0.05, 0) is 68.0 Å². The van der Waals surface area contributed by atoms with Crippen molar-refractivity contribution in [2.24, 2.45) is 0 Å². The maximum absolute atomic E-state index is 12.4. The van der Waals surface area contributed by atoms with E-state index in [0.717, 1.165) is 31.6 Å². The number of ether oxygens (including phenoxy) is 1. The molecule has 1 aliphatic rings. The second-order valence-corrected chi connectivity index (χ2v) is 7.40. The van der Waals surface area contributed by atoms with Gasteiger partial charge in [0.2, 0.25) is 0 Å². The standard InChI is InChI=1S/C23H26ClN3O3/c1-3-27(4-2)13-5-12-25-22(28)17-8-11-20-19(15-17)26-23(29)21(30-20)14-16-6-9-18(24)10-7-16/h6-11,14-15H,3-5,12-13H2,1-2H3,(H,25,28)(H,26,29)/b21-14-. The summed E-state index contributed by atoms with van der Waals surface area (Å²) in [4.78, 5) is 27.1. The average molecular weight is 428 g/mol. The zero-order valence-electron chi connectivity index (χ0n) is 17.2. The first-order valence-corrected chi connectivity index (χ1v) is 10.5. The van der Waals surface area contributed by atoms with Crippen LogP contribution in [0.25, 0.3) is 6.08 Å². The molecule has 1 aliphatic heterocycles. The summed E-state index contributed by atoms with van der Waals surface area (Å²) >= 11 is 5.89. The van der Waals surface area contributed by atoms with Crippen molar-refractivity contribution >= 4 is 35.2 Å². The Labute approximate surface area is 181 Å². The number of carbonyl (C=O) groups is 2. The van der Waals surface area contributed by atoms with Gasteiger partial charge < -0.3 is 20.3 Å². The van der Waals surface area contributed by atoms with Crippen molar-refractivity contribution in [1.82, 2.24) is 10.2 Å². The fourth-order valence-corrected chi connectivity index (χ4v) is 3.28. The van der Waals surface area contributed by atoms with E-state index >= 15 is 0 Å². The van der Waals surface area contributed by atoms with E-state index in [-0.39, 0.29) is 17.6 Å². The summed E-state index contributed by atoms with van der Waals surface area (Å²) in [7, 11) is 0. The Kier molecular flexibility index (Phi) is 7.49. The molecule has 0 bridgehead atoms. The predicted molar refractivity (Wildman–Crippen MR) is 120 cm³/mol. The quantitative estimate of drug-likeness (QED) is 0.490. The Balaban J connectivity index is 1.62. The first-order valence-electron chi connectivity index (χ1n) is 10.1. The van der Waals surface area contributed by atoms with Crippen LogP contribution in [-0.4, -0.2) is 42.9 Å². The summed E-state index contributed by atoms with van der Waals surface area (Å²) in [6.45, 7) is 7.81. The third-order valence-electron chi connectivity index (χ3n) is 4.93. The molecule has 0 saturated carbocycles. The van der Waals surface area contributed by atoms with Crippen molar-refractivity contribution in [3.05, 3.63) is 64.4 Å². The number of anilines is 1. The number of nitrogens with zero attached hydrogens (tertiary/aromatic N) is 1. The minimum atomic E-state index is -0.366. The summed E-state index contributed by atoms with van der Waals surface area (Å²) in [5.74, 6) is 0.134. The molecular formula is C23H26ClN3O3. The molecule has 2 aromatic rings. The maximum atomic E-state index is 12.4. The third-order valence-corrected chi connectivity index (χ3v) is 5.18. The Hall–Kier alpha value is -2.83. The maximum Gasteiger partial charge on any atom is 0.291 e. The van der Waals surface area contributed by atoms with Crippen LogP contribution in [0, 0.1) is 0 Å². The topological polar surface area (TPSA) is 70.7 Å². The van der Waals surface area contributed by atoms with Gasteiger partial charge in [0.1, 0.15) is 0 Å². The molecule has 2 amide bonds. The molecule has 6 nitrogen and oxygen atoms in total. The zero-order valence-corrected chi connectivity index (χ0v) is 18.0. The molecule has 2 N–H and O–H groups in total. The monoisotopic (exact) mass is 427 g/mol. The summed E-state index contributed by atoms with van der Waals surface area (Å²) in [6.07, 6.45) is 2.53. The number of nitrogens with one attached hydrogen (secondary N) is 2. The highest BCUT2D eigenvalue weighted by atomic mass is 35.5. The van der Waals surface area contributed by atoms with E-state index in [0.29, 0.717) is 28.6 Å². The Morgan fingerprint density at radius 3 is 2.60 bits per heavy atom. The Bertz CT molecular complexity index is 937. The minimum Gasteiger partial charge on any atom is -0.449 e. The van der Waals surface area contributed by atoms with Crippen LogP contribution in [-0.2, 0) is 4.79 Å². The van der Waals surface area contributed by atoms with Crippen LogP contribution in [0.5, 0.6) is 5.75 Å². The van der Waals surface area contributed by atoms with Crippen molar-refractivity contribution in [3.8, 4) is 5.75 Å². The Morgan fingerprint density at radius 1 is 1.17 bits per heavy atom. The highest BCUT2D eigenvalue weighted by Gasteiger charge is 2.23. The van der Waals surface area contributed by atoms with Crippen molar-refractivity contribution in [2.45, 2.75) is 20.3 Å². The molecule has 3 rings (SSSR count). The van der Waals surface area contributed by atoms with Gasteiger partial charge in [0.05, 0.1) is 5.69 Å². The summed E-state index contributed by atoms with van der Waals surface area (Å²) < 4.78 is 5.74. The van der Waals surface area contributed by atoms with E-state index < -0.39 is 0 Å². The lowest BCUT2D eigenvalue weighted by atomic mass is 10.1. The van der Waals surface area contributed by atoms with Crippen LogP contribution in [0.15, 0.2) is 48.2 Å². The van der Waals surface area contributed by atoms with E-state index in [4.69, 9.17) is 16.3 Å². The van der Waals surface area contributed by atoms with E-state index in [9.17, 15) is 9.59 Å². The molecule has 0 saturated heterocycles. The second kappa shape index (κ2) is 10.3. The number of halogens is 1. The van der Waals surface area contributed by atoms with Gasteiger partial charge in [-0.3, -0.25) is 9.59 Å². The predicted octanol–water partition coefficient (Wildman–Crippen LogP) is 4.17. The highest BCUT2D eigenvalue weighted by Crippen LogP contribution is 2.32. The smallest absolute Gasteiger partial charge is 0.291 e. The van der Waals surface area contributed by atoms with Crippen molar-refractivity contribution < 1.29 is 14.3 Å². The van der Waals surface area contributed by atoms with E-state index in [1.807, 2.05) is 0 Å². The molecular weight excluding hydrogens is 402 g/mol. The van der Waals surface area contributed by atoms with Crippen molar-refractivity contribution in [2.75, 3.05) is 31.5 Å². The van der Waals surface area contributed by atoms with Gasteiger partial charge >= 0.3 is 0 Å². The molecule has 0 aliphatic carbocycles. The van der Waals surface area contributed by atoms with Crippen LogP contribution in [0.4, 0.5) is 5.69 Å². The van der Waals surface area contributed by atoms with Crippen LogP contribution < -0.4 is 15.4 Å². The molecule has 30 heavy (non-hydrogen) atoms. The molecule has 7 heteroatoms. The largest absolute Gasteiger partial charge is 0.449 e. The first-order chi connectivity index (χ1) is 14.5. The Morgan fingerprint density at radius 2 is 1.90 bits per heavy atom. The molecule has 1 heterocycles. The van der Waals surface area contributed by atoms with Gasteiger partial charge in [-0.25, -0.2) is 0 Å². The number of carbonyl (C=O) groups excluding carboxylic acids is 2. The van der Waals surface area contributed by atoms with E-state index in [1.54, 1.807) is 48.5 Å². The van der Waals surface area contributed by atoms with Gasteiger partial charge in [-0.2, -0.15) is 0 Å². The summed E-state index contributed by atoms with van der Waals surface area (Å²) in [5, 5.41) is 6.34. The van der Waals surface area contributed by atoms with Gasteiger partial charge in [0.25, 0.3) is 11.8 Å². The van der Waals surface area contributed by atoms with E-state index in [1.165, 1.54) is 0 Å². The minimum absolute atomic E-state index is 0.172. The lowest BCUT2D eigenvalue weighted by Gasteiger charge is -2.20. The van der Waals surface area contributed by atoms with Gasteiger partial charge in [-0.1, -0.05) is 37.6 Å². The van der Waals surface area contributed by atoms with Gasteiger partial charge in [0, 0.05) is 17.1 Å². The second-order valence-electron chi connectivity index (χ2n) is 6.96. The molecule has 158 valence electrons.